The molecule has 0 heterocycles. The Morgan fingerprint density at radius 3 is 1.94 bits per heavy atom. The van der Waals surface area contributed by atoms with E-state index in [1.54, 1.807) is 0 Å². The smallest absolute Gasteiger partial charge is 0.127 e. The Kier molecular flexibility index (Phi) is 9.31. The summed E-state index contributed by atoms with van der Waals surface area (Å²) in [6.45, 7) is 11.4. The lowest BCUT2D eigenvalue weighted by Crippen LogP contribution is -2.22. The van der Waals surface area contributed by atoms with Crippen LogP contribution in [0, 0.1) is 18.8 Å². The number of benzene rings is 6. The molecular formula is C50H45NO. The van der Waals surface area contributed by atoms with Gasteiger partial charge in [-0.2, -0.15) is 0 Å². The Bertz CT molecular complexity index is 2490. The second-order valence-corrected chi connectivity index (χ2v) is 14.3. The molecule has 2 aliphatic carbocycles. The number of hydrogen-bond donors (Lipinski definition) is 0. The molecule has 2 atom stereocenters. The predicted octanol–water partition coefficient (Wildman–Crippen LogP) is 13.2. The number of fused-ring (bicyclic) bond motifs is 6. The van der Waals surface area contributed by atoms with Crippen LogP contribution in [0.3, 0.4) is 0 Å². The molecule has 0 saturated heterocycles. The van der Waals surface area contributed by atoms with Gasteiger partial charge in [0.1, 0.15) is 12.4 Å². The number of nitrogens with zero attached hydrogens (tertiary/aromatic N) is 1. The minimum Gasteiger partial charge on any atom is -0.487 e. The van der Waals surface area contributed by atoms with Gasteiger partial charge >= 0.3 is 0 Å². The lowest BCUT2D eigenvalue weighted by Gasteiger charge is -2.22. The maximum atomic E-state index is 6.68. The first kappa shape index (κ1) is 33.4. The highest BCUT2D eigenvalue weighted by atomic mass is 16.5. The van der Waals surface area contributed by atoms with Crippen molar-refractivity contribution in [1.82, 2.24) is 0 Å². The Morgan fingerprint density at radius 2 is 1.33 bits per heavy atom. The molecule has 0 bridgehead atoms. The standard InChI is InChI=1S/C50H45NO/c1-5-36-30-41(46-31-48-45-18-12-10-16-43(45)42-15-9-11-17-44(42)47(48)29-34(46)3)27-28-50(36)52-32-49(51-35(4)37-13-7-6-8-14-37)40-25-23-39(24-26-40)38-21-19-33(2)20-22-38/h6-19,21-25,27-31,33,40H,4-5,20,26,32H2,1-3H3. The van der Waals surface area contributed by atoms with Gasteiger partial charge in [0.25, 0.3) is 0 Å². The molecule has 0 radical (unpaired) electrons. The molecule has 256 valence electrons. The molecule has 2 unspecified atom stereocenters. The van der Waals surface area contributed by atoms with Crippen LogP contribution in [0.15, 0.2) is 168 Å². The maximum absolute atomic E-state index is 6.68. The second kappa shape index (κ2) is 14.5. The fraction of sp³-hybridized carbons (Fsp3) is 0.180. The van der Waals surface area contributed by atoms with E-state index in [1.165, 1.54) is 65.7 Å². The van der Waals surface area contributed by atoms with Crippen LogP contribution in [0.4, 0.5) is 0 Å². The number of ether oxygens (including phenoxy) is 1. The van der Waals surface area contributed by atoms with Gasteiger partial charge in [-0.15, -0.1) is 0 Å². The molecule has 0 N–H and O–H groups in total. The van der Waals surface area contributed by atoms with E-state index in [-0.39, 0.29) is 5.92 Å². The molecule has 0 aromatic heterocycles. The minimum absolute atomic E-state index is 0.131. The number of allylic oxidation sites excluding steroid dienone is 8. The molecule has 0 spiro atoms. The Labute approximate surface area is 307 Å². The fourth-order valence-electron chi connectivity index (χ4n) is 7.80. The van der Waals surface area contributed by atoms with Crippen LogP contribution in [0.1, 0.15) is 43.4 Å². The maximum Gasteiger partial charge on any atom is 0.127 e. The predicted molar refractivity (Wildman–Crippen MR) is 223 cm³/mol. The highest BCUT2D eigenvalue weighted by Crippen LogP contribution is 2.39. The molecule has 2 heteroatoms. The zero-order chi connectivity index (χ0) is 35.6. The highest BCUT2D eigenvalue weighted by Gasteiger charge is 2.20. The molecule has 0 amide bonds. The third kappa shape index (κ3) is 6.58. The summed E-state index contributed by atoms with van der Waals surface area (Å²) in [6.07, 6.45) is 16.7. The van der Waals surface area contributed by atoms with Crippen molar-refractivity contribution in [2.24, 2.45) is 16.8 Å². The van der Waals surface area contributed by atoms with E-state index < -0.39 is 0 Å². The number of aryl methyl sites for hydroxylation is 2. The van der Waals surface area contributed by atoms with Crippen LogP contribution in [0.5, 0.6) is 5.75 Å². The average molecular weight is 676 g/mol. The number of aliphatic imine (C=N–C) groups is 1. The van der Waals surface area contributed by atoms with Gasteiger partial charge in [0.15, 0.2) is 0 Å². The molecule has 0 fully saturated rings. The van der Waals surface area contributed by atoms with E-state index in [0.717, 1.165) is 42.0 Å². The monoisotopic (exact) mass is 675 g/mol. The van der Waals surface area contributed by atoms with Crippen LogP contribution in [0.25, 0.3) is 49.1 Å². The van der Waals surface area contributed by atoms with E-state index >= 15 is 0 Å². The van der Waals surface area contributed by atoms with Crippen LogP contribution >= 0.6 is 0 Å². The van der Waals surface area contributed by atoms with Crippen molar-refractivity contribution in [2.75, 3.05) is 6.61 Å². The zero-order valence-electron chi connectivity index (χ0n) is 30.4. The number of rotatable bonds is 9. The normalized spacial score (nSPS) is 17.4. The van der Waals surface area contributed by atoms with Crippen LogP contribution in [0.2, 0.25) is 0 Å². The van der Waals surface area contributed by atoms with Crippen LogP contribution in [-0.2, 0) is 6.42 Å². The summed E-state index contributed by atoms with van der Waals surface area (Å²) in [5.41, 5.74) is 10.3. The fourth-order valence-corrected chi connectivity index (χ4v) is 7.80. The van der Waals surface area contributed by atoms with E-state index in [2.05, 4.69) is 155 Å². The lowest BCUT2D eigenvalue weighted by molar-refractivity contribution is 0.367. The lowest BCUT2D eigenvalue weighted by atomic mass is 9.87. The molecule has 52 heavy (non-hydrogen) atoms. The molecule has 0 aliphatic heterocycles. The van der Waals surface area contributed by atoms with Crippen molar-refractivity contribution in [2.45, 2.75) is 40.0 Å². The largest absolute Gasteiger partial charge is 0.487 e. The quantitative estimate of drug-likeness (QED) is 0.110. The molecule has 0 saturated carbocycles. The minimum atomic E-state index is 0.131. The Hall–Kier alpha value is -5.73. The van der Waals surface area contributed by atoms with Crippen molar-refractivity contribution in [1.29, 1.82) is 0 Å². The van der Waals surface area contributed by atoms with Gasteiger partial charge in [-0.25, -0.2) is 0 Å². The molecule has 2 aliphatic rings. The molecule has 6 aromatic rings. The number of hydrogen-bond acceptors (Lipinski definition) is 2. The van der Waals surface area contributed by atoms with Crippen molar-refractivity contribution in [3.63, 3.8) is 0 Å². The van der Waals surface area contributed by atoms with Gasteiger partial charge in [0.05, 0.1) is 11.4 Å². The SMILES string of the molecule is C=C(N=C(COc1ccc(-c2cc3c4ccccc4c4ccccc4c3cc2C)cc1CC)C1C=CC(C2=CCC(C)C=C2)=CC1)c1ccccc1. The molecule has 8 rings (SSSR count). The third-order valence-electron chi connectivity index (χ3n) is 10.8. The van der Waals surface area contributed by atoms with Gasteiger partial charge in [-0.05, 0) is 122 Å². The van der Waals surface area contributed by atoms with E-state index in [4.69, 9.17) is 9.73 Å². The van der Waals surface area contributed by atoms with Gasteiger partial charge in [-0.1, -0.05) is 148 Å². The summed E-state index contributed by atoms with van der Waals surface area (Å²) in [5, 5.41) is 7.77. The van der Waals surface area contributed by atoms with Crippen molar-refractivity contribution >= 4 is 43.7 Å². The van der Waals surface area contributed by atoms with Gasteiger partial charge in [0.2, 0.25) is 0 Å². The van der Waals surface area contributed by atoms with Gasteiger partial charge in [-0.3, -0.25) is 4.99 Å². The summed E-state index contributed by atoms with van der Waals surface area (Å²) in [5.74, 6) is 1.64. The summed E-state index contributed by atoms with van der Waals surface area (Å²) in [6, 6.07) is 39.2. The Balaban J connectivity index is 1.10. The molecule has 2 nitrogen and oxygen atoms in total. The second-order valence-electron chi connectivity index (χ2n) is 14.3. The topological polar surface area (TPSA) is 21.6 Å². The molecular weight excluding hydrogens is 631 g/mol. The van der Waals surface area contributed by atoms with Gasteiger partial charge in [0, 0.05) is 5.92 Å². The molecule has 6 aromatic carbocycles. The highest BCUT2D eigenvalue weighted by molar-refractivity contribution is 6.26. The van der Waals surface area contributed by atoms with Gasteiger partial charge < -0.3 is 4.74 Å². The van der Waals surface area contributed by atoms with Crippen LogP contribution < -0.4 is 4.74 Å². The summed E-state index contributed by atoms with van der Waals surface area (Å²) < 4.78 is 6.68. The van der Waals surface area contributed by atoms with Crippen LogP contribution in [-0.4, -0.2) is 12.3 Å². The van der Waals surface area contributed by atoms with Crippen molar-refractivity contribution in [3.8, 4) is 16.9 Å². The third-order valence-corrected chi connectivity index (χ3v) is 10.8. The average Bonchev–Trinajstić information content (AvgIpc) is 3.20. The zero-order valence-corrected chi connectivity index (χ0v) is 30.4. The Morgan fingerprint density at radius 1 is 0.712 bits per heavy atom. The summed E-state index contributed by atoms with van der Waals surface area (Å²) in [7, 11) is 0. The van der Waals surface area contributed by atoms with E-state index in [0.29, 0.717) is 12.5 Å². The summed E-state index contributed by atoms with van der Waals surface area (Å²) >= 11 is 0. The first-order valence-corrected chi connectivity index (χ1v) is 18.7. The first-order valence-electron chi connectivity index (χ1n) is 18.7. The first-order chi connectivity index (χ1) is 25.5. The van der Waals surface area contributed by atoms with Crippen molar-refractivity contribution < 1.29 is 4.74 Å². The summed E-state index contributed by atoms with van der Waals surface area (Å²) in [4.78, 5) is 5.13. The van der Waals surface area contributed by atoms with E-state index in [9.17, 15) is 0 Å². The van der Waals surface area contributed by atoms with Crippen molar-refractivity contribution in [3.05, 3.63) is 180 Å². The van der Waals surface area contributed by atoms with E-state index in [1.807, 2.05) is 18.2 Å².